The number of benzene rings is 2. The van der Waals surface area contributed by atoms with Crippen LogP contribution in [0, 0.1) is 0 Å². The lowest BCUT2D eigenvalue weighted by molar-refractivity contribution is -0.202. The number of halogens is 3. The van der Waals surface area contributed by atoms with Crippen molar-refractivity contribution in [1.82, 2.24) is 0 Å². The van der Waals surface area contributed by atoms with Gasteiger partial charge in [0.2, 0.25) is 6.10 Å². The van der Waals surface area contributed by atoms with E-state index < -0.39 is 18.2 Å². The highest BCUT2D eigenvalue weighted by Gasteiger charge is 2.43. The highest BCUT2D eigenvalue weighted by atomic mass is 19.4. The Morgan fingerprint density at radius 2 is 1.57 bits per heavy atom. The molecule has 0 saturated carbocycles. The van der Waals surface area contributed by atoms with Gasteiger partial charge in [-0.1, -0.05) is 42.5 Å². The predicted molar refractivity (Wildman–Crippen MR) is 77.0 cm³/mol. The van der Waals surface area contributed by atoms with Gasteiger partial charge in [0.1, 0.15) is 0 Å². The first-order valence-electron chi connectivity index (χ1n) is 6.54. The molecule has 0 bridgehead atoms. The first-order valence-corrected chi connectivity index (χ1v) is 6.54. The van der Waals surface area contributed by atoms with Crippen LogP contribution >= 0.6 is 0 Å². The molecule has 1 unspecified atom stereocenters. The minimum absolute atomic E-state index is 0.0138. The fourth-order valence-electron chi connectivity index (χ4n) is 1.85. The van der Waals surface area contributed by atoms with Gasteiger partial charge >= 0.3 is 6.18 Å². The van der Waals surface area contributed by atoms with Crippen LogP contribution in [-0.4, -0.2) is 29.1 Å². The van der Waals surface area contributed by atoms with E-state index in [9.17, 15) is 22.8 Å². The average molecular weight is 323 g/mol. The lowest BCUT2D eigenvalue weighted by atomic mass is 10.0. The van der Waals surface area contributed by atoms with E-state index in [0.717, 1.165) is 0 Å². The molecule has 0 aliphatic heterocycles. The molecule has 1 amide bonds. The van der Waals surface area contributed by atoms with E-state index >= 15 is 0 Å². The Bertz CT molecular complexity index is 714. The summed E-state index contributed by atoms with van der Waals surface area (Å²) in [5.41, 5.74) is 0.599. The van der Waals surface area contributed by atoms with E-state index in [4.69, 9.17) is 5.11 Å². The molecule has 0 aromatic heterocycles. The molecular weight excluding hydrogens is 311 g/mol. The summed E-state index contributed by atoms with van der Waals surface area (Å²) in [6, 6.07) is 13.8. The normalized spacial score (nSPS) is 12.5. The van der Waals surface area contributed by atoms with Crippen molar-refractivity contribution in [2.75, 3.05) is 5.32 Å². The molecule has 1 atom stereocenters. The monoisotopic (exact) mass is 323 g/mol. The molecule has 0 aliphatic rings. The smallest absolute Gasteiger partial charge is 0.376 e. The van der Waals surface area contributed by atoms with Crippen LogP contribution in [-0.2, 0) is 4.79 Å². The van der Waals surface area contributed by atoms with Gasteiger partial charge in [-0.3, -0.25) is 9.59 Å². The van der Waals surface area contributed by atoms with Crippen molar-refractivity contribution in [3.05, 3.63) is 65.7 Å². The summed E-state index contributed by atoms with van der Waals surface area (Å²) in [6.07, 6.45) is -8.18. The van der Waals surface area contributed by atoms with Crippen molar-refractivity contribution >= 4 is 17.4 Å². The van der Waals surface area contributed by atoms with Crippen molar-refractivity contribution in [2.45, 2.75) is 12.3 Å². The summed E-state index contributed by atoms with van der Waals surface area (Å²) in [4.78, 5) is 23.6. The highest BCUT2D eigenvalue weighted by molar-refractivity contribution is 6.09. The van der Waals surface area contributed by atoms with Crippen LogP contribution in [0.4, 0.5) is 18.9 Å². The number of nitrogens with one attached hydrogen (secondary N) is 1. The molecule has 120 valence electrons. The van der Waals surface area contributed by atoms with Gasteiger partial charge in [-0.25, -0.2) is 0 Å². The molecule has 0 spiro atoms. The number of hydrogen-bond acceptors (Lipinski definition) is 3. The Labute approximate surface area is 129 Å². The summed E-state index contributed by atoms with van der Waals surface area (Å²) < 4.78 is 36.8. The molecule has 23 heavy (non-hydrogen) atoms. The van der Waals surface area contributed by atoms with Gasteiger partial charge in [0.05, 0.1) is 0 Å². The van der Waals surface area contributed by atoms with Crippen LogP contribution in [0.25, 0.3) is 0 Å². The van der Waals surface area contributed by atoms with Gasteiger partial charge in [0.15, 0.2) is 5.78 Å². The number of hydrogen-bond donors (Lipinski definition) is 2. The Kier molecular flexibility index (Phi) is 4.80. The molecule has 2 aromatic rings. The third-order valence-electron chi connectivity index (χ3n) is 2.99. The number of carbonyl (C=O) groups is 2. The number of carbonyl (C=O) groups excluding carboxylic acids is 2. The number of ketones is 1. The molecule has 0 fully saturated rings. The molecule has 4 nitrogen and oxygen atoms in total. The molecule has 0 radical (unpaired) electrons. The van der Waals surface area contributed by atoms with Crippen molar-refractivity contribution in [3.63, 3.8) is 0 Å². The predicted octanol–water partition coefficient (Wildman–Crippen LogP) is 2.78. The van der Waals surface area contributed by atoms with Gasteiger partial charge in [0.25, 0.3) is 5.91 Å². The summed E-state index contributed by atoms with van der Waals surface area (Å²) in [5.74, 6) is -1.94. The summed E-state index contributed by atoms with van der Waals surface area (Å²) in [7, 11) is 0. The number of amides is 1. The van der Waals surface area contributed by atoms with Gasteiger partial charge in [-0.05, 0) is 12.1 Å². The number of anilines is 1. The van der Waals surface area contributed by atoms with E-state index in [0.29, 0.717) is 5.56 Å². The number of aliphatic hydroxyl groups is 1. The van der Waals surface area contributed by atoms with Crippen LogP contribution < -0.4 is 5.32 Å². The first-order chi connectivity index (χ1) is 10.8. The van der Waals surface area contributed by atoms with Crippen molar-refractivity contribution in [3.8, 4) is 0 Å². The zero-order valence-electron chi connectivity index (χ0n) is 11.7. The van der Waals surface area contributed by atoms with E-state index in [1.54, 1.807) is 30.3 Å². The van der Waals surface area contributed by atoms with Gasteiger partial charge in [-0.15, -0.1) is 0 Å². The van der Waals surface area contributed by atoms with Crippen LogP contribution in [0.5, 0.6) is 0 Å². The standard InChI is InChI=1S/C16H12F3NO3/c17-16(18,19)14(22)15(23)20-12-8-4-7-11(9-12)13(21)10-5-2-1-3-6-10/h1-9,14,22H,(H,20,23). The summed E-state index contributed by atoms with van der Waals surface area (Å²) in [5, 5.41) is 10.8. The Morgan fingerprint density at radius 3 is 2.17 bits per heavy atom. The molecular formula is C16H12F3NO3. The fraction of sp³-hybridized carbons (Fsp3) is 0.125. The number of alkyl halides is 3. The molecule has 0 heterocycles. The number of aliphatic hydroxyl groups excluding tert-OH is 1. The summed E-state index contributed by atoms with van der Waals surface area (Å²) >= 11 is 0. The van der Waals surface area contributed by atoms with Gasteiger partial charge < -0.3 is 10.4 Å². The lowest BCUT2D eigenvalue weighted by Crippen LogP contribution is -2.40. The van der Waals surface area contributed by atoms with Crippen LogP contribution in [0.3, 0.4) is 0 Å². The Balaban J connectivity index is 2.18. The SMILES string of the molecule is O=C(c1ccccc1)c1cccc(NC(=O)C(O)C(F)(F)F)c1. The number of rotatable bonds is 4. The Morgan fingerprint density at radius 1 is 0.957 bits per heavy atom. The van der Waals surface area contributed by atoms with E-state index in [1.165, 1.54) is 24.3 Å². The average Bonchev–Trinajstić information content (AvgIpc) is 2.53. The highest BCUT2D eigenvalue weighted by Crippen LogP contribution is 2.22. The van der Waals surface area contributed by atoms with E-state index in [2.05, 4.69) is 0 Å². The topological polar surface area (TPSA) is 66.4 Å². The van der Waals surface area contributed by atoms with Crippen molar-refractivity contribution in [2.24, 2.45) is 0 Å². The second-order valence-electron chi connectivity index (χ2n) is 4.71. The minimum atomic E-state index is -5.05. The van der Waals surface area contributed by atoms with Gasteiger partial charge in [-0.2, -0.15) is 13.2 Å². The van der Waals surface area contributed by atoms with Crippen LogP contribution in [0.15, 0.2) is 54.6 Å². The maximum absolute atomic E-state index is 12.3. The Hall–Kier alpha value is -2.67. The van der Waals surface area contributed by atoms with Crippen molar-refractivity contribution in [1.29, 1.82) is 0 Å². The second kappa shape index (κ2) is 6.62. The van der Waals surface area contributed by atoms with E-state index in [-0.39, 0.29) is 17.0 Å². The van der Waals surface area contributed by atoms with Crippen LogP contribution in [0.2, 0.25) is 0 Å². The third kappa shape index (κ3) is 4.17. The molecule has 2 N–H and O–H groups in total. The van der Waals surface area contributed by atoms with Crippen molar-refractivity contribution < 1.29 is 27.9 Å². The fourth-order valence-corrected chi connectivity index (χ4v) is 1.85. The second-order valence-corrected chi connectivity index (χ2v) is 4.71. The molecule has 2 aromatic carbocycles. The van der Waals surface area contributed by atoms with E-state index in [1.807, 2.05) is 5.32 Å². The maximum atomic E-state index is 12.3. The quantitative estimate of drug-likeness (QED) is 0.850. The molecule has 0 saturated heterocycles. The molecule has 0 aliphatic carbocycles. The first kappa shape index (κ1) is 16.7. The molecule has 7 heteroatoms. The van der Waals surface area contributed by atoms with Crippen LogP contribution in [0.1, 0.15) is 15.9 Å². The summed E-state index contributed by atoms with van der Waals surface area (Å²) in [6.45, 7) is 0. The zero-order valence-corrected chi connectivity index (χ0v) is 11.7. The zero-order chi connectivity index (χ0) is 17.0. The lowest BCUT2D eigenvalue weighted by Gasteiger charge is -2.14. The minimum Gasteiger partial charge on any atom is -0.376 e. The van der Waals surface area contributed by atoms with Gasteiger partial charge in [0, 0.05) is 16.8 Å². The third-order valence-corrected chi connectivity index (χ3v) is 2.99. The maximum Gasteiger partial charge on any atom is 0.423 e. The molecule has 2 rings (SSSR count). The largest absolute Gasteiger partial charge is 0.423 e.